The zero-order valence-corrected chi connectivity index (χ0v) is 19.8. The first kappa shape index (κ1) is 21.8. The van der Waals surface area contributed by atoms with Crippen LogP contribution in [0.3, 0.4) is 0 Å². The van der Waals surface area contributed by atoms with E-state index in [4.69, 9.17) is 9.47 Å². The number of esters is 2. The standard InChI is InChI=1S/C29H32O5/c1-18-20-11-14-29(25(18)31)22(15-20)28-13-6-12-27(2,17-33-26(28)32)21(28)16-23(29)34-24(30)10-9-19-7-4-3-5-8-19/h3-5,7-10,20-23H,1,6,11-17H2,2H3/b10-9+/t20-,21?,22?,23+,27-,28-,29?/m0/s1. The minimum absolute atomic E-state index is 0.0170. The number of allylic oxidation sites excluding steroid dienone is 1. The van der Waals surface area contributed by atoms with Gasteiger partial charge in [0.25, 0.3) is 0 Å². The van der Waals surface area contributed by atoms with E-state index in [1.807, 2.05) is 30.3 Å². The van der Waals surface area contributed by atoms with Crippen molar-refractivity contribution >= 4 is 23.8 Å². The molecule has 0 amide bonds. The van der Waals surface area contributed by atoms with E-state index in [0.717, 1.165) is 37.7 Å². The summed E-state index contributed by atoms with van der Waals surface area (Å²) in [6.07, 6.45) is 8.20. The Balaban J connectivity index is 1.40. The Hall–Kier alpha value is -2.69. The molecule has 3 unspecified atom stereocenters. The fourth-order valence-corrected chi connectivity index (χ4v) is 8.55. The van der Waals surface area contributed by atoms with Crippen LogP contribution in [0.5, 0.6) is 0 Å². The maximum atomic E-state index is 13.9. The van der Waals surface area contributed by atoms with Crippen molar-refractivity contribution < 1.29 is 23.9 Å². The molecule has 5 nitrogen and oxygen atoms in total. The van der Waals surface area contributed by atoms with E-state index in [2.05, 4.69) is 13.5 Å². The number of hydrogen-bond acceptors (Lipinski definition) is 5. The highest BCUT2D eigenvalue weighted by atomic mass is 16.5. The molecule has 7 atom stereocenters. The molecular weight excluding hydrogens is 428 g/mol. The third kappa shape index (κ3) is 2.76. The van der Waals surface area contributed by atoms with Gasteiger partial charge in [0, 0.05) is 11.5 Å². The highest BCUT2D eigenvalue weighted by molar-refractivity contribution is 6.03. The molecule has 1 heterocycles. The molecule has 4 bridgehead atoms. The first-order chi connectivity index (χ1) is 16.3. The first-order valence-electron chi connectivity index (χ1n) is 12.7. The quantitative estimate of drug-likeness (QED) is 0.474. The summed E-state index contributed by atoms with van der Waals surface area (Å²) in [4.78, 5) is 40.4. The molecule has 7 rings (SSSR count). The van der Waals surface area contributed by atoms with Gasteiger partial charge in [-0.25, -0.2) is 4.79 Å². The van der Waals surface area contributed by atoms with Crippen molar-refractivity contribution in [1.82, 2.24) is 0 Å². The van der Waals surface area contributed by atoms with E-state index in [-0.39, 0.29) is 34.9 Å². The molecule has 5 saturated carbocycles. The van der Waals surface area contributed by atoms with Crippen LogP contribution in [0.1, 0.15) is 57.4 Å². The fourth-order valence-electron chi connectivity index (χ4n) is 8.55. The summed E-state index contributed by atoms with van der Waals surface area (Å²) in [5, 5.41) is 0. The Morgan fingerprint density at radius 3 is 2.68 bits per heavy atom. The minimum atomic E-state index is -0.868. The fraction of sp³-hybridized carbons (Fsp3) is 0.552. The molecule has 6 fully saturated rings. The molecule has 34 heavy (non-hydrogen) atoms. The van der Waals surface area contributed by atoms with Crippen molar-refractivity contribution in [2.24, 2.45) is 34.0 Å². The van der Waals surface area contributed by atoms with E-state index in [0.29, 0.717) is 25.0 Å². The SMILES string of the molecule is C=C1C(=O)C23CC[C@H]1CC2[C@@]12CCC[C@@](C)(COC1=O)C2C[C@H]3OC(=O)/C=C/c1ccccc1. The molecule has 0 radical (unpaired) electrons. The van der Waals surface area contributed by atoms with E-state index >= 15 is 0 Å². The van der Waals surface area contributed by atoms with Crippen LogP contribution in [-0.4, -0.2) is 30.4 Å². The third-order valence-electron chi connectivity index (χ3n) is 10.1. The zero-order chi connectivity index (χ0) is 23.7. The summed E-state index contributed by atoms with van der Waals surface area (Å²) in [5.74, 6) is -0.523. The molecule has 5 aliphatic carbocycles. The molecule has 6 aliphatic rings. The van der Waals surface area contributed by atoms with Crippen molar-refractivity contribution in [3.63, 3.8) is 0 Å². The Morgan fingerprint density at radius 2 is 1.88 bits per heavy atom. The number of hydrogen-bond donors (Lipinski definition) is 0. The van der Waals surface area contributed by atoms with E-state index in [9.17, 15) is 14.4 Å². The van der Waals surface area contributed by atoms with Crippen molar-refractivity contribution in [3.05, 3.63) is 54.1 Å². The van der Waals surface area contributed by atoms with Gasteiger partial charge < -0.3 is 9.47 Å². The molecule has 178 valence electrons. The number of Topliss-reactive ketones (excluding diaryl/α,β-unsaturated/α-hetero) is 1. The molecule has 0 aromatic heterocycles. The number of cyclic esters (lactones) is 1. The van der Waals surface area contributed by atoms with Gasteiger partial charge in [0.05, 0.1) is 17.4 Å². The molecule has 1 aromatic carbocycles. The number of fused-ring (bicyclic) bond motifs is 2. The van der Waals surface area contributed by atoms with Gasteiger partial charge in [-0.2, -0.15) is 0 Å². The lowest BCUT2D eigenvalue weighted by molar-refractivity contribution is -0.257. The van der Waals surface area contributed by atoms with Gasteiger partial charge in [-0.3, -0.25) is 9.59 Å². The average molecular weight is 461 g/mol. The number of carbonyl (C=O) groups excluding carboxylic acids is 3. The number of ketones is 1. The van der Waals surface area contributed by atoms with Crippen LogP contribution in [0, 0.1) is 34.0 Å². The second-order valence-electron chi connectivity index (χ2n) is 11.5. The van der Waals surface area contributed by atoms with E-state index < -0.39 is 22.9 Å². The van der Waals surface area contributed by atoms with Gasteiger partial charge in [0.2, 0.25) is 0 Å². The average Bonchev–Trinajstić information content (AvgIpc) is 2.84. The van der Waals surface area contributed by atoms with Crippen LogP contribution >= 0.6 is 0 Å². The molecule has 0 N–H and O–H groups in total. The van der Waals surface area contributed by atoms with Crippen LogP contribution < -0.4 is 0 Å². The van der Waals surface area contributed by atoms with Crippen LogP contribution in [-0.2, 0) is 23.9 Å². The lowest BCUT2D eigenvalue weighted by Gasteiger charge is -2.69. The highest BCUT2D eigenvalue weighted by Crippen LogP contribution is 2.73. The molecule has 1 spiro atoms. The largest absolute Gasteiger partial charge is 0.465 e. The predicted octanol–water partition coefficient (Wildman–Crippen LogP) is 4.91. The Morgan fingerprint density at radius 1 is 1.09 bits per heavy atom. The van der Waals surface area contributed by atoms with Gasteiger partial charge >= 0.3 is 11.9 Å². The Bertz CT molecular complexity index is 1100. The zero-order valence-electron chi connectivity index (χ0n) is 19.8. The number of ether oxygens (including phenoxy) is 2. The highest BCUT2D eigenvalue weighted by Gasteiger charge is 2.76. The van der Waals surface area contributed by atoms with Crippen molar-refractivity contribution in [2.45, 2.75) is 58.0 Å². The molecular formula is C29H32O5. The smallest absolute Gasteiger partial charge is 0.331 e. The lowest BCUT2D eigenvalue weighted by Crippen LogP contribution is -2.73. The maximum absolute atomic E-state index is 13.9. The van der Waals surface area contributed by atoms with Gasteiger partial charge in [-0.05, 0) is 73.5 Å². The summed E-state index contributed by atoms with van der Waals surface area (Å²) >= 11 is 0. The molecule has 1 aliphatic heterocycles. The van der Waals surface area contributed by atoms with Crippen molar-refractivity contribution in [1.29, 1.82) is 0 Å². The van der Waals surface area contributed by atoms with Gasteiger partial charge in [-0.1, -0.05) is 50.3 Å². The second-order valence-corrected chi connectivity index (χ2v) is 11.5. The maximum Gasteiger partial charge on any atom is 0.331 e. The summed E-state index contributed by atoms with van der Waals surface area (Å²) in [7, 11) is 0. The first-order valence-corrected chi connectivity index (χ1v) is 12.7. The molecule has 1 saturated heterocycles. The van der Waals surface area contributed by atoms with Crippen LogP contribution in [0.4, 0.5) is 0 Å². The predicted molar refractivity (Wildman–Crippen MR) is 126 cm³/mol. The molecule has 1 aromatic rings. The van der Waals surface area contributed by atoms with Gasteiger partial charge in [0.15, 0.2) is 5.78 Å². The number of rotatable bonds is 3. The van der Waals surface area contributed by atoms with Crippen LogP contribution in [0.15, 0.2) is 48.6 Å². The Kier molecular flexibility index (Phi) is 4.75. The molecule has 5 heteroatoms. The van der Waals surface area contributed by atoms with E-state index in [1.54, 1.807) is 6.08 Å². The normalized spacial score (nSPS) is 42.7. The number of benzene rings is 1. The van der Waals surface area contributed by atoms with Gasteiger partial charge in [-0.15, -0.1) is 0 Å². The van der Waals surface area contributed by atoms with Crippen LogP contribution in [0.25, 0.3) is 6.08 Å². The minimum Gasteiger partial charge on any atom is -0.465 e. The van der Waals surface area contributed by atoms with Crippen LogP contribution in [0.2, 0.25) is 0 Å². The van der Waals surface area contributed by atoms with Crippen molar-refractivity contribution in [3.8, 4) is 0 Å². The van der Waals surface area contributed by atoms with E-state index in [1.165, 1.54) is 6.08 Å². The van der Waals surface area contributed by atoms with Gasteiger partial charge in [0.1, 0.15) is 6.10 Å². The number of carbonyl (C=O) groups is 3. The van der Waals surface area contributed by atoms with Crippen molar-refractivity contribution in [2.75, 3.05) is 6.61 Å². The summed E-state index contributed by atoms with van der Waals surface area (Å²) in [5.41, 5.74) is -0.0931. The monoisotopic (exact) mass is 460 g/mol. The Labute approximate surface area is 200 Å². The second kappa shape index (κ2) is 7.40. The summed E-state index contributed by atoms with van der Waals surface area (Å²) < 4.78 is 12.0. The topological polar surface area (TPSA) is 69.7 Å². The third-order valence-corrected chi connectivity index (χ3v) is 10.1. The summed E-state index contributed by atoms with van der Waals surface area (Å²) in [6, 6.07) is 9.61. The lowest BCUT2D eigenvalue weighted by atomic mass is 9.35. The summed E-state index contributed by atoms with van der Waals surface area (Å²) in [6.45, 7) is 6.77.